The number of halogens is 2. The van der Waals surface area contributed by atoms with Gasteiger partial charge in [-0.05, 0) is 31.2 Å². The quantitative estimate of drug-likeness (QED) is 0.615. The van der Waals surface area contributed by atoms with Crippen LogP contribution in [0.5, 0.6) is 0 Å². The summed E-state index contributed by atoms with van der Waals surface area (Å²) >= 11 is 7.21. The van der Waals surface area contributed by atoms with Crippen LogP contribution < -0.4 is 5.32 Å². The first-order valence-corrected chi connectivity index (χ1v) is 8.46. The topological polar surface area (TPSA) is 55.4 Å². The van der Waals surface area contributed by atoms with Gasteiger partial charge in [0.1, 0.15) is 5.82 Å². The molecule has 24 heavy (non-hydrogen) atoms. The maximum atomic E-state index is 13.5. The fourth-order valence-electron chi connectivity index (χ4n) is 1.78. The van der Waals surface area contributed by atoms with E-state index < -0.39 is 23.8 Å². The van der Waals surface area contributed by atoms with E-state index in [-0.39, 0.29) is 11.4 Å². The number of ether oxygens (including phenoxy) is 1. The second-order valence-electron chi connectivity index (χ2n) is 4.82. The Bertz CT molecular complexity index is 741. The smallest absolute Gasteiger partial charge is 0.317 e. The van der Waals surface area contributed by atoms with Gasteiger partial charge in [-0.15, -0.1) is 11.8 Å². The van der Waals surface area contributed by atoms with E-state index in [9.17, 15) is 14.0 Å². The molecule has 2 aromatic rings. The van der Waals surface area contributed by atoms with E-state index in [0.29, 0.717) is 5.02 Å². The molecule has 1 atom stereocenters. The van der Waals surface area contributed by atoms with Crippen molar-refractivity contribution in [1.82, 2.24) is 0 Å². The Labute approximate surface area is 148 Å². The summed E-state index contributed by atoms with van der Waals surface area (Å²) in [5.74, 6) is -1.70. The summed E-state index contributed by atoms with van der Waals surface area (Å²) in [6, 6.07) is 12.9. The second kappa shape index (κ2) is 8.70. The molecule has 2 rings (SSSR count). The van der Waals surface area contributed by atoms with Crippen LogP contribution in [0.4, 0.5) is 10.1 Å². The number of thioether (sulfide) groups is 1. The van der Waals surface area contributed by atoms with Crippen LogP contribution in [0, 0.1) is 5.82 Å². The monoisotopic (exact) mass is 367 g/mol. The third-order valence-corrected chi connectivity index (χ3v) is 4.48. The molecule has 7 heteroatoms. The molecule has 0 spiro atoms. The molecule has 0 aliphatic carbocycles. The number of hydrogen-bond acceptors (Lipinski definition) is 4. The number of para-hydroxylation sites is 1. The standard InChI is InChI=1S/C17H15ClFNO3S/c1-11(17(22)20-14-8-4-3-7-13(14)19)23-16(21)10-24-15-9-5-2-6-12(15)18/h2-9,11H,10H2,1H3,(H,20,22)/t11-/m1/s1. The van der Waals surface area contributed by atoms with Crippen molar-refractivity contribution in [2.24, 2.45) is 0 Å². The summed E-state index contributed by atoms with van der Waals surface area (Å²) < 4.78 is 18.5. The zero-order valence-electron chi connectivity index (χ0n) is 12.8. The Morgan fingerprint density at radius 3 is 2.58 bits per heavy atom. The summed E-state index contributed by atoms with van der Waals surface area (Å²) in [7, 11) is 0. The van der Waals surface area contributed by atoms with Crippen molar-refractivity contribution in [2.45, 2.75) is 17.9 Å². The number of amides is 1. The van der Waals surface area contributed by atoms with Gasteiger partial charge in [0.05, 0.1) is 16.5 Å². The normalized spacial score (nSPS) is 11.6. The van der Waals surface area contributed by atoms with E-state index in [1.165, 1.54) is 36.9 Å². The van der Waals surface area contributed by atoms with Crippen LogP contribution in [0.2, 0.25) is 5.02 Å². The summed E-state index contributed by atoms with van der Waals surface area (Å²) in [4.78, 5) is 24.5. The molecule has 1 N–H and O–H groups in total. The average molecular weight is 368 g/mol. The van der Waals surface area contributed by atoms with Crippen LogP contribution in [-0.4, -0.2) is 23.7 Å². The zero-order valence-corrected chi connectivity index (χ0v) is 14.4. The Balaban J connectivity index is 1.84. The van der Waals surface area contributed by atoms with Gasteiger partial charge in [-0.3, -0.25) is 9.59 Å². The van der Waals surface area contributed by atoms with Crippen LogP contribution in [-0.2, 0) is 14.3 Å². The summed E-state index contributed by atoms with van der Waals surface area (Å²) in [5.41, 5.74) is 0.0378. The average Bonchev–Trinajstić information content (AvgIpc) is 2.56. The molecule has 126 valence electrons. The van der Waals surface area contributed by atoms with Crippen molar-refractivity contribution in [3.05, 3.63) is 59.4 Å². The van der Waals surface area contributed by atoms with Crippen LogP contribution in [0.3, 0.4) is 0 Å². The predicted octanol–water partition coefficient (Wildman–Crippen LogP) is 4.14. The summed E-state index contributed by atoms with van der Waals surface area (Å²) in [6.45, 7) is 1.42. The minimum absolute atomic E-state index is 0.0149. The number of nitrogens with one attached hydrogen (secondary N) is 1. The predicted molar refractivity (Wildman–Crippen MR) is 92.8 cm³/mol. The highest BCUT2D eigenvalue weighted by Crippen LogP contribution is 2.26. The molecule has 0 aliphatic rings. The lowest BCUT2D eigenvalue weighted by atomic mass is 10.3. The Hall–Kier alpha value is -2.05. The second-order valence-corrected chi connectivity index (χ2v) is 6.24. The third kappa shape index (κ3) is 5.25. The van der Waals surface area contributed by atoms with Gasteiger partial charge < -0.3 is 10.1 Å². The molecular formula is C17H15ClFNO3S. The highest BCUT2D eigenvalue weighted by Gasteiger charge is 2.19. The molecule has 0 bridgehead atoms. The fourth-order valence-corrected chi connectivity index (χ4v) is 2.80. The number of anilines is 1. The van der Waals surface area contributed by atoms with Crippen molar-refractivity contribution in [2.75, 3.05) is 11.1 Å². The first-order chi connectivity index (χ1) is 11.5. The number of esters is 1. The molecule has 0 aliphatic heterocycles. The van der Waals surface area contributed by atoms with Gasteiger partial charge in [-0.25, -0.2) is 4.39 Å². The fraction of sp³-hybridized carbons (Fsp3) is 0.176. The number of benzene rings is 2. The van der Waals surface area contributed by atoms with E-state index in [2.05, 4.69) is 5.32 Å². The molecule has 1 amide bonds. The molecule has 0 saturated heterocycles. The van der Waals surface area contributed by atoms with Crippen molar-refractivity contribution in [3.8, 4) is 0 Å². The van der Waals surface area contributed by atoms with Crippen LogP contribution in [0.25, 0.3) is 0 Å². The molecule has 0 saturated carbocycles. The Morgan fingerprint density at radius 1 is 1.21 bits per heavy atom. The van der Waals surface area contributed by atoms with E-state index in [1.807, 2.05) is 6.07 Å². The van der Waals surface area contributed by atoms with Gasteiger partial charge >= 0.3 is 5.97 Å². The first kappa shape index (κ1) is 18.3. The number of hydrogen-bond donors (Lipinski definition) is 1. The highest BCUT2D eigenvalue weighted by atomic mass is 35.5. The van der Waals surface area contributed by atoms with Crippen molar-refractivity contribution >= 4 is 40.9 Å². The van der Waals surface area contributed by atoms with E-state index in [4.69, 9.17) is 16.3 Å². The molecule has 4 nitrogen and oxygen atoms in total. The number of carbonyl (C=O) groups excluding carboxylic acids is 2. The summed E-state index contributed by atoms with van der Waals surface area (Å²) in [6.07, 6.45) is -1.04. The van der Waals surface area contributed by atoms with Gasteiger partial charge in [-0.2, -0.15) is 0 Å². The first-order valence-electron chi connectivity index (χ1n) is 7.09. The van der Waals surface area contributed by atoms with Gasteiger partial charge in [0.15, 0.2) is 6.10 Å². The molecular weight excluding hydrogens is 353 g/mol. The van der Waals surface area contributed by atoms with Crippen molar-refractivity contribution < 1.29 is 18.7 Å². The lowest BCUT2D eigenvalue weighted by Crippen LogP contribution is -2.30. The van der Waals surface area contributed by atoms with Crippen LogP contribution in [0.1, 0.15) is 6.92 Å². The zero-order chi connectivity index (χ0) is 17.5. The Kier molecular flexibility index (Phi) is 6.63. The van der Waals surface area contributed by atoms with E-state index >= 15 is 0 Å². The van der Waals surface area contributed by atoms with Crippen molar-refractivity contribution in [1.29, 1.82) is 0 Å². The summed E-state index contributed by atoms with van der Waals surface area (Å²) in [5, 5.41) is 2.92. The molecule has 2 aromatic carbocycles. The minimum Gasteiger partial charge on any atom is -0.452 e. The maximum Gasteiger partial charge on any atom is 0.317 e. The van der Waals surface area contributed by atoms with E-state index in [1.54, 1.807) is 24.3 Å². The largest absolute Gasteiger partial charge is 0.452 e. The molecule has 0 unspecified atom stereocenters. The maximum absolute atomic E-state index is 13.5. The van der Waals surface area contributed by atoms with Gasteiger partial charge in [0.2, 0.25) is 0 Å². The molecule has 0 fully saturated rings. The van der Waals surface area contributed by atoms with Crippen molar-refractivity contribution in [3.63, 3.8) is 0 Å². The number of rotatable bonds is 6. The van der Waals surface area contributed by atoms with Gasteiger partial charge in [0, 0.05) is 4.90 Å². The minimum atomic E-state index is -1.04. The van der Waals surface area contributed by atoms with Crippen LogP contribution >= 0.6 is 23.4 Å². The van der Waals surface area contributed by atoms with Gasteiger partial charge in [-0.1, -0.05) is 35.9 Å². The molecule has 0 heterocycles. The van der Waals surface area contributed by atoms with Crippen LogP contribution in [0.15, 0.2) is 53.4 Å². The SMILES string of the molecule is C[C@@H](OC(=O)CSc1ccccc1Cl)C(=O)Nc1ccccc1F. The lowest BCUT2D eigenvalue weighted by Gasteiger charge is -2.14. The molecule has 0 radical (unpaired) electrons. The Morgan fingerprint density at radius 2 is 1.88 bits per heavy atom. The molecule has 0 aromatic heterocycles. The number of carbonyl (C=O) groups is 2. The third-order valence-electron chi connectivity index (χ3n) is 2.99. The highest BCUT2D eigenvalue weighted by molar-refractivity contribution is 8.00. The lowest BCUT2D eigenvalue weighted by molar-refractivity contribution is -0.150. The van der Waals surface area contributed by atoms with Gasteiger partial charge in [0.25, 0.3) is 5.91 Å². The van der Waals surface area contributed by atoms with E-state index in [0.717, 1.165) is 4.90 Å².